The summed E-state index contributed by atoms with van der Waals surface area (Å²) in [6, 6.07) is 5.30. The summed E-state index contributed by atoms with van der Waals surface area (Å²) < 4.78 is 5.36. The first-order valence-corrected chi connectivity index (χ1v) is 7.34. The van der Waals surface area contributed by atoms with E-state index in [-0.39, 0.29) is 5.15 Å². The third-order valence-corrected chi connectivity index (χ3v) is 3.83. The minimum atomic E-state index is -0.551. The zero-order valence-corrected chi connectivity index (χ0v) is 12.7. The maximum atomic E-state index is 11.5. The van der Waals surface area contributed by atoms with Gasteiger partial charge in [0.1, 0.15) is 5.76 Å². The quantitative estimate of drug-likeness (QED) is 0.908. The summed E-state index contributed by atoms with van der Waals surface area (Å²) in [6.45, 7) is 3.91. The molecule has 1 aliphatic rings. The van der Waals surface area contributed by atoms with Crippen LogP contribution in [0.4, 0.5) is 5.82 Å². The molecule has 7 nitrogen and oxygen atoms in total. The van der Waals surface area contributed by atoms with Crippen molar-refractivity contribution in [2.24, 2.45) is 5.73 Å². The molecule has 3 heterocycles. The van der Waals surface area contributed by atoms with E-state index in [4.69, 9.17) is 21.8 Å². The highest BCUT2D eigenvalue weighted by Gasteiger charge is 2.23. The Morgan fingerprint density at radius 2 is 2.09 bits per heavy atom. The van der Waals surface area contributed by atoms with Gasteiger partial charge in [0.05, 0.1) is 18.4 Å². The number of furan rings is 1. The molecule has 0 aromatic carbocycles. The Balaban J connectivity index is 1.67. The molecule has 116 valence electrons. The van der Waals surface area contributed by atoms with E-state index in [0.717, 1.165) is 38.5 Å². The predicted octanol–water partition coefficient (Wildman–Crippen LogP) is 1.14. The van der Waals surface area contributed by atoms with E-state index >= 15 is 0 Å². The van der Waals surface area contributed by atoms with Gasteiger partial charge in [-0.3, -0.25) is 9.69 Å². The molecular formula is C14H16ClN5O2. The van der Waals surface area contributed by atoms with Crippen LogP contribution in [-0.4, -0.2) is 47.2 Å². The Hall–Kier alpha value is -2.12. The van der Waals surface area contributed by atoms with Crippen molar-refractivity contribution in [1.29, 1.82) is 0 Å². The number of amides is 1. The van der Waals surface area contributed by atoms with Gasteiger partial charge in [-0.05, 0) is 18.2 Å². The third-order valence-electron chi connectivity index (χ3n) is 3.64. The van der Waals surface area contributed by atoms with Crippen molar-refractivity contribution in [3.63, 3.8) is 0 Å². The highest BCUT2D eigenvalue weighted by atomic mass is 35.5. The van der Waals surface area contributed by atoms with Crippen molar-refractivity contribution in [3.8, 4) is 0 Å². The second kappa shape index (κ2) is 6.33. The Labute approximate surface area is 132 Å². The molecule has 1 aliphatic heterocycles. The van der Waals surface area contributed by atoms with E-state index in [1.165, 1.54) is 6.07 Å². The molecule has 2 aromatic heterocycles. The number of aromatic nitrogens is 2. The molecule has 0 aliphatic carbocycles. The molecular weight excluding hydrogens is 306 g/mol. The van der Waals surface area contributed by atoms with E-state index in [1.54, 1.807) is 6.26 Å². The number of rotatable bonds is 4. The molecule has 0 saturated carbocycles. The van der Waals surface area contributed by atoms with Crippen molar-refractivity contribution < 1.29 is 9.21 Å². The standard InChI is InChI=1S/C14H16ClN5O2/c15-12-8-11(13(16)21)14(18-17-12)20-5-3-19(4-6-20)9-10-2-1-7-22-10/h1-2,7-8H,3-6,9H2,(H2,16,21). The average molecular weight is 322 g/mol. The molecule has 22 heavy (non-hydrogen) atoms. The van der Waals surface area contributed by atoms with Crippen molar-refractivity contribution in [2.75, 3.05) is 31.1 Å². The van der Waals surface area contributed by atoms with Crippen LogP contribution in [0, 0.1) is 0 Å². The molecule has 2 aromatic rings. The lowest BCUT2D eigenvalue weighted by molar-refractivity contribution is 0.1000. The minimum Gasteiger partial charge on any atom is -0.468 e. The fourth-order valence-corrected chi connectivity index (χ4v) is 2.66. The molecule has 0 radical (unpaired) electrons. The van der Waals surface area contributed by atoms with Gasteiger partial charge in [-0.25, -0.2) is 0 Å². The Kier molecular flexibility index (Phi) is 4.26. The smallest absolute Gasteiger partial charge is 0.252 e. The SMILES string of the molecule is NC(=O)c1cc(Cl)nnc1N1CCN(Cc2ccco2)CC1. The molecule has 2 N–H and O–H groups in total. The fourth-order valence-electron chi connectivity index (χ4n) is 2.52. The molecule has 0 unspecified atom stereocenters. The molecule has 1 fully saturated rings. The average Bonchev–Trinajstić information content (AvgIpc) is 3.01. The Morgan fingerprint density at radius 3 is 2.73 bits per heavy atom. The van der Waals surface area contributed by atoms with E-state index < -0.39 is 5.91 Å². The molecule has 0 atom stereocenters. The van der Waals surface area contributed by atoms with E-state index in [9.17, 15) is 4.79 Å². The number of nitrogens with zero attached hydrogens (tertiary/aromatic N) is 4. The number of primary amides is 1. The molecule has 8 heteroatoms. The second-order valence-corrected chi connectivity index (χ2v) is 5.50. The lowest BCUT2D eigenvalue weighted by Gasteiger charge is -2.35. The van der Waals surface area contributed by atoms with E-state index in [2.05, 4.69) is 15.1 Å². The van der Waals surface area contributed by atoms with Crippen LogP contribution < -0.4 is 10.6 Å². The lowest BCUT2D eigenvalue weighted by atomic mass is 10.2. The Bertz CT molecular complexity index is 653. The number of hydrogen-bond acceptors (Lipinski definition) is 6. The first-order valence-electron chi connectivity index (χ1n) is 6.96. The number of carbonyl (C=O) groups excluding carboxylic acids is 1. The summed E-state index contributed by atoms with van der Waals surface area (Å²) in [4.78, 5) is 15.8. The Morgan fingerprint density at radius 1 is 1.32 bits per heavy atom. The predicted molar refractivity (Wildman–Crippen MR) is 81.8 cm³/mol. The van der Waals surface area contributed by atoms with Crippen LogP contribution >= 0.6 is 11.6 Å². The van der Waals surface area contributed by atoms with Crippen molar-refractivity contribution in [1.82, 2.24) is 15.1 Å². The largest absolute Gasteiger partial charge is 0.468 e. The van der Waals surface area contributed by atoms with Crippen LogP contribution in [0.1, 0.15) is 16.1 Å². The summed E-state index contributed by atoms with van der Waals surface area (Å²) in [5, 5.41) is 8.01. The van der Waals surface area contributed by atoms with Gasteiger partial charge in [-0.15, -0.1) is 10.2 Å². The highest BCUT2D eigenvalue weighted by molar-refractivity contribution is 6.29. The lowest BCUT2D eigenvalue weighted by Crippen LogP contribution is -2.46. The van der Waals surface area contributed by atoms with Crippen molar-refractivity contribution >= 4 is 23.3 Å². The molecule has 0 bridgehead atoms. The van der Waals surface area contributed by atoms with Crippen molar-refractivity contribution in [3.05, 3.63) is 40.9 Å². The second-order valence-electron chi connectivity index (χ2n) is 5.11. The summed E-state index contributed by atoms with van der Waals surface area (Å²) >= 11 is 5.78. The van der Waals surface area contributed by atoms with Crippen LogP contribution in [0.15, 0.2) is 28.9 Å². The van der Waals surface area contributed by atoms with Crippen LogP contribution in [0.3, 0.4) is 0 Å². The number of anilines is 1. The van der Waals surface area contributed by atoms with Gasteiger partial charge in [0.15, 0.2) is 11.0 Å². The summed E-state index contributed by atoms with van der Waals surface area (Å²) in [7, 11) is 0. The number of hydrogen-bond donors (Lipinski definition) is 1. The van der Waals surface area contributed by atoms with Crippen LogP contribution in [-0.2, 0) is 6.54 Å². The van der Waals surface area contributed by atoms with Gasteiger partial charge in [0.25, 0.3) is 5.91 Å². The van der Waals surface area contributed by atoms with Gasteiger partial charge < -0.3 is 15.1 Å². The topological polar surface area (TPSA) is 88.5 Å². The minimum absolute atomic E-state index is 0.161. The number of carbonyl (C=O) groups is 1. The first kappa shape index (κ1) is 14.8. The van der Waals surface area contributed by atoms with Crippen LogP contribution in [0.2, 0.25) is 5.15 Å². The van der Waals surface area contributed by atoms with Gasteiger partial charge in [-0.2, -0.15) is 0 Å². The molecule has 1 saturated heterocycles. The maximum Gasteiger partial charge on any atom is 0.252 e. The zero-order chi connectivity index (χ0) is 15.5. The number of nitrogens with two attached hydrogens (primary N) is 1. The first-order chi connectivity index (χ1) is 10.6. The number of piperazine rings is 1. The van der Waals surface area contributed by atoms with Crippen LogP contribution in [0.25, 0.3) is 0 Å². The summed E-state index contributed by atoms with van der Waals surface area (Å²) in [6.07, 6.45) is 1.67. The third kappa shape index (κ3) is 3.20. The van der Waals surface area contributed by atoms with Gasteiger partial charge in [-0.1, -0.05) is 11.6 Å². The molecule has 3 rings (SSSR count). The molecule has 1 amide bonds. The van der Waals surface area contributed by atoms with E-state index in [1.807, 2.05) is 17.0 Å². The summed E-state index contributed by atoms with van der Waals surface area (Å²) in [5.74, 6) is 0.886. The maximum absolute atomic E-state index is 11.5. The van der Waals surface area contributed by atoms with Crippen LogP contribution in [0.5, 0.6) is 0 Å². The van der Waals surface area contributed by atoms with Gasteiger partial charge in [0, 0.05) is 26.2 Å². The monoisotopic (exact) mass is 321 g/mol. The van der Waals surface area contributed by atoms with E-state index in [0.29, 0.717) is 11.4 Å². The molecule has 0 spiro atoms. The summed E-state index contributed by atoms with van der Waals surface area (Å²) in [5.41, 5.74) is 5.70. The fraction of sp³-hybridized carbons (Fsp3) is 0.357. The van der Waals surface area contributed by atoms with Gasteiger partial charge >= 0.3 is 0 Å². The zero-order valence-electron chi connectivity index (χ0n) is 11.9. The van der Waals surface area contributed by atoms with Gasteiger partial charge in [0.2, 0.25) is 0 Å². The number of halogens is 1. The van der Waals surface area contributed by atoms with Crippen molar-refractivity contribution in [2.45, 2.75) is 6.54 Å². The highest BCUT2D eigenvalue weighted by Crippen LogP contribution is 2.21. The normalized spacial score (nSPS) is 16.0.